The van der Waals surface area contributed by atoms with Crippen molar-refractivity contribution in [1.29, 1.82) is 0 Å². The Labute approximate surface area is 253 Å². The average molecular weight is 579 g/mol. The van der Waals surface area contributed by atoms with Crippen LogP contribution >= 0.6 is 11.6 Å². The molecule has 0 N–H and O–H groups in total. The standard InChI is InChI=1S/C10H13Cl.C10H13F.C9H11F.C9H12/c2*1-7(2)9-4-8(3)5-10(11)6-9;1-7(2)8-4-3-5-9(10)6-8;1-8(2)9-6-4-3-5-7-9/h2*4-7H,1-3H3;3-7H,1-2H3;3-8H,1-2H3. The van der Waals surface area contributed by atoms with Crippen molar-refractivity contribution in [3.05, 3.63) is 141 Å². The first-order valence-electron chi connectivity index (χ1n) is 14.5. The molecule has 0 saturated heterocycles. The minimum absolute atomic E-state index is 0.131. The lowest BCUT2D eigenvalue weighted by Gasteiger charge is -2.06. The maximum atomic E-state index is 12.8. The van der Waals surface area contributed by atoms with Gasteiger partial charge in [-0.2, -0.15) is 0 Å². The third-order valence-corrected chi connectivity index (χ3v) is 6.66. The van der Waals surface area contributed by atoms with E-state index in [1.54, 1.807) is 24.3 Å². The van der Waals surface area contributed by atoms with Crippen molar-refractivity contribution in [2.24, 2.45) is 0 Å². The first kappa shape index (κ1) is 36.1. The Morgan fingerprint density at radius 2 is 0.878 bits per heavy atom. The zero-order chi connectivity index (χ0) is 31.1. The lowest BCUT2D eigenvalue weighted by Crippen LogP contribution is -1.89. The summed E-state index contributed by atoms with van der Waals surface area (Å²) in [5.74, 6) is 1.76. The van der Waals surface area contributed by atoms with E-state index >= 15 is 0 Å². The van der Waals surface area contributed by atoms with Crippen LogP contribution in [0, 0.1) is 25.5 Å². The summed E-state index contributed by atoms with van der Waals surface area (Å²) < 4.78 is 25.3. The fraction of sp³-hybridized carbons (Fsp3) is 0.368. The Hall–Kier alpha value is -2.97. The van der Waals surface area contributed by atoms with E-state index in [-0.39, 0.29) is 11.6 Å². The Bertz CT molecular complexity index is 1190. The molecule has 0 saturated carbocycles. The lowest BCUT2D eigenvalue weighted by molar-refractivity contribution is 0.622. The molecule has 0 aliphatic rings. The fourth-order valence-electron chi connectivity index (χ4n) is 3.90. The van der Waals surface area contributed by atoms with Gasteiger partial charge in [-0.1, -0.05) is 122 Å². The van der Waals surface area contributed by atoms with Gasteiger partial charge < -0.3 is 0 Å². The van der Waals surface area contributed by atoms with Gasteiger partial charge in [-0.3, -0.25) is 0 Å². The first-order valence-corrected chi connectivity index (χ1v) is 14.9. The summed E-state index contributed by atoms with van der Waals surface area (Å²) in [6, 6.07) is 28.6. The van der Waals surface area contributed by atoms with Crippen LogP contribution in [0.1, 0.15) is 112 Å². The highest BCUT2D eigenvalue weighted by molar-refractivity contribution is 6.30. The molecule has 0 aliphatic heterocycles. The van der Waals surface area contributed by atoms with E-state index < -0.39 is 0 Å². The molecule has 0 spiro atoms. The molecular formula is C38H49ClF2. The van der Waals surface area contributed by atoms with Crippen molar-refractivity contribution in [3.63, 3.8) is 0 Å². The van der Waals surface area contributed by atoms with Gasteiger partial charge in [0, 0.05) is 5.02 Å². The molecule has 222 valence electrons. The predicted octanol–water partition coefficient (Wildman–Crippen LogP) is 12.8. The van der Waals surface area contributed by atoms with Crippen LogP contribution in [0.2, 0.25) is 5.02 Å². The van der Waals surface area contributed by atoms with Gasteiger partial charge in [0.2, 0.25) is 0 Å². The largest absolute Gasteiger partial charge is 0.207 e. The van der Waals surface area contributed by atoms with Crippen LogP contribution in [-0.4, -0.2) is 0 Å². The molecule has 0 bridgehead atoms. The summed E-state index contributed by atoms with van der Waals surface area (Å²) in [7, 11) is 0. The average Bonchev–Trinajstić information content (AvgIpc) is 2.89. The Morgan fingerprint density at radius 1 is 0.439 bits per heavy atom. The lowest BCUT2D eigenvalue weighted by atomic mass is 10.0. The van der Waals surface area contributed by atoms with E-state index in [0.29, 0.717) is 23.7 Å². The van der Waals surface area contributed by atoms with Crippen LogP contribution in [0.4, 0.5) is 8.78 Å². The minimum Gasteiger partial charge on any atom is -0.207 e. The van der Waals surface area contributed by atoms with Crippen molar-refractivity contribution in [2.45, 2.75) is 92.9 Å². The van der Waals surface area contributed by atoms with E-state index in [1.165, 1.54) is 22.8 Å². The third-order valence-electron chi connectivity index (χ3n) is 6.44. The molecule has 4 rings (SSSR count). The second-order valence-electron chi connectivity index (χ2n) is 11.7. The molecule has 0 unspecified atom stereocenters. The molecule has 0 radical (unpaired) electrons. The highest BCUT2D eigenvalue weighted by Gasteiger charge is 2.02. The maximum absolute atomic E-state index is 12.8. The zero-order valence-corrected chi connectivity index (χ0v) is 27.4. The molecular weight excluding hydrogens is 530 g/mol. The summed E-state index contributed by atoms with van der Waals surface area (Å²) in [6.07, 6.45) is 0. The van der Waals surface area contributed by atoms with E-state index in [2.05, 4.69) is 92.6 Å². The summed E-state index contributed by atoms with van der Waals surface area (Å²) in [4.78, 5) is 0. The van der Waals surface area contributed by atoms with Gasteiger partial charge in [-0.05, 0) is 107 Å². The number of hydrogen-bond acceptors (Lipinski definition) is 0. The number of benzene rings is 4. The van der Waals surface area contributed by atoms with Crippen LogP contribution < -0.4 is 0 Å². The van der Waals surface area contributed by atoms with Crippen LogP contribution in [0.25, 0.3) is 0 Å². The van der Waals surface area contributed by atoms with Gasteiger partial charge in [-0.15, -0.1) is 0 Å². The van der Waals surface area contributed by atoms with Crippen LogP contribution in [0.3, 0.4) is 0 Å². The summed E-state index contributed by atoms with van der Waals surface area (Å²) in [5, 5.41) is 0.841. The van der Waals surface area contributed by atoms with E-state index in [4.69, 9.17) is 11.6 Å². The van der Waals surface area contributed by atoms with Crippen molar-refractivity contribution in [2.75, 3.05) is 0 Å². The fourth-order valence-corrected chi connectivity index (χ4v) is 4.20. The Balaban J connectivity index is 0.000000274. The molecule has 0 amide bonds. The molecule has 41 heavy (non-hydrogen) atoms. The van der Waals surface area contributed by atoms with E-state index in [1.807, 2.05) is 37.3 Å². The van der Waals surface area contributed by atoms with Gasteiger partial charge in [0.25, 0.3) is 0 Å². The Morgan fingerprint density at radius 3 is 1.27 bits per heavy atom. The number of halogens is 3. The molecule has 0 aromatic heterocycles. The molecule has 0 aliphatic carbocycles. The van der Waals surface area contributed by atoms with Crippen molar-refractivity contribution < 1.29 is 8.78 Å². The highest BCUT2D eigenvalue weighted by atomic mass is 35.5. The van der Waals surface area contributed by atoms with Gasteiger partial charge in [0.05, 0.1) is 0 Å². The van der Waals surface area contributed by atoms with Gasteiger partial charge in [0.1, 0.15) is 11.6 Å². The van der Waals surface area contributed by atoms with Crippen molar-refractivity contribution in [3.8, 4) is 0 Å². The zero-order valence-electron chi connectivity index (χ0n) is 26.6. The molecule has 4 aromatic carbocycles. The monoisotopic (exact) mass is 578 g/mol. The molecule has 0 atom stereocenters. The summed E-state index contributed by atoms with van der Waals surface area (Å²) >= 11 is 5.89. The second-order valence-corrected chi connectivity index (χ2v) is 12.1. The maximum Gasteiger partial charge on any atom is 0.123 e. The van der Waals surface area contributed by atoms with Gasteiger partial charge >= 0.3 is 0 Å². The summed E-state index contributed by atoms with van der Waals surface area (Å²) in [6.45, 7) is 21.0. The van der Waals surface area contributed by atoms with Crippen LogP contribution in [0.5, 0.6) is 0 Å². The summed E-state index contributed by atoms with van der Waals surface area (Å²) in [5.41, 5.74) is 7.09. The third kappa shape index (κ3) is 15.0. The second kappa shape index (κ2) is 18.5. The number of aryl methyl sites for hydroxylation is 2. The number of rotatable bonds is 4. The molecule has 0 heterocycles. The van der Waals surface area contributed by atoms with Gasteiger partial charge in [-0.25, -0.2) is 8.78 Å². The molecule has 3 heteroatoms. The van der Waals surface area contributed by atoms with Crippen LogP contribution in [-0.2, 0) is 0 Å². The predicted molar refractivity (Wildman–Crippen MR) is 177 cm³/mol. The topological polar surface area (TPSA) is 0 Å². The van der Waals surface area contributed by atoms with Crippen molar-refractivity contribution in [1.82, 2.24) is 0 Å². The van der Waals surface area contributed by atoms with E-state index in [9.17, 15) is 8.78 Å². The first-order chi connectivity index (χ1) is 19.2. The highest BCUT2D eigenvalue weighted by Crippen LogP contribution is 2.21. The SMILES string of the molecule is CC(C)c1cccc(F)c1.CC(C)c1ccccc1.Cc1cc(Cl)cc(C(C)C)c1.Cc1cc(F)cc(C(C)C)c1. The molecule has 0 fully saturated rings. The van der Waals surface area contributed by atoms with Crippen LogP contribution in [0.15, 0.2) is 91.0 Å². The van der Waals surface area contributed by atoms with E-state index in [0.717, 1.165) is 21.7 Å². The van der Waals surface area contributed by atoms with Gasteiger partial charge in [0.15, 0.2) is 0 Å². The molecule has 0 nitrogen and oxygen atoms in total. The minimum atomic E-state index is -0.147. The Kier molecular flexibility index (Phi) is 16.2. The smallest absolute Gasteiger partial charge is 0.123 e. The molecule has 4 aromatic rings. The quantitative estimate of drug-likeness (QED) is 0.226. The normalized spacial score (nSPS) is 10.5. The van der Waals surface area contributed by atoms with Crippen molar-refractivity contribution >= 4 is 11.6 Å². The number of hydrogen-bond donors (Lipinski definition) is 0.